The Balaban J connectivity index is 0.00000156. The van der Waals surface area contributed by atoms with E-state index in [1.165, 1.54) is 17.4 Å². The normalized spacial score (nSPS) is 16.6. The number of rotatable bonds is 3. The smallest absolute Gasteiger partial charge is 0.314 e. The number of nitrogens with one attached hydrogen (secondary N) is 1. The monoisotopic (exact) mass is 416 g/mol. The molecule has 0 unspecified atom stereocenters. The summed E-state index contributed by atoms with van der Waals surface area (Å²) in [6, 6.07) is 6.25. The molecule has 1 aromatic heterocycles. The molecule has 0 amide bonds. The molecule has 9 heteroatoms. The third-order valence-corrected chi connectivity index (χ3v) is 4.88. The fraction of sp³-hybridized carbons (Fsp3) is 0.375. The molecule has 2 nitrogen and oxygen atoms in total. The summed E-state index contributed by atoms with van der Waals surface area (Å²) in [4.78, 5) is 3.04. The third-order valence-electron chi connectivity index (χ3n) is 3.95. The molecule has 2 aromatic rings. The number of benzene rings is 1. The summed E-state index contributed by atoms with van der Waals surface area (Å²) in [6.07, 6.45) is -4.53. The fourth-order valence-electron chi connectivity index (χ4n) is 2.84. The average molecular weight is 417 g/mol. The van der Waals surface area contributed by atoms with Gasteiger partial charge in [-0.1, -0.05) is 12.1 Å². The van der Waals surface area contributed by atoms with Crippen molar-refractivity contribution in [2.75, 3.05) is 26.2 Å². The molecule has 0 saturated carbocycles. The van der Waals surface area contributed by atoms with Gasteiger partial charge < -0.3 is 5.32 Å². The van der Waals surface area contributed by atoms with Crippen LogP contribution in [0.25, 0.3) is 0 Å². The lowest BCUT2D eigenvalue weighted by Gasteiger charge is -2.35. The molecule has 1 aliphatic rings. The highest BCUT2D eigenvalue weighted by atomic mass is 35.5. The van der Waals surface area contributed by atoms with Crippen LogP contribution >= 0.6 is 36.2 Å². The maximum absolute atomic E-state index is 14.4. The van der Waals surface area contributed by atoms with Gasteiger partial charge in [0.25, 0.3) is 0 Å². The van der Waals surface area contributed by atoms with Gasteiger partial charge in [0.15, 0.2) is 0 Å². The Morgan fingerprint density at radius 3 is 2.28 bits per heavy atom. The fourth-order valence-corrected chi connectivity index (χ4v) is 3.72. The van der Waals surface area contributed by atoms with Crippen LogP contribution in [-0.2, 0) is 6.18 Å². The first-order chi connectivity index (χ1) is 11.0. The van der Waals surface area contributed by atoms with E-state index in [0.29, 0.717) is 11.6 Å². The molecule has 25 heavy (non-hydrogen) atoms. The van der Waals surface area contributed by atoms with E-state index in [0.717, 1.165) is 37.1 Å². The quantitative estimate of drug-likeness (QED) is 0.726. The van der Waals surface area contributed by atoms with Crippen LogP contribution in [0.5, 0.6) is 0 Å². The Morgan fingerprint density at radius 2 is 1.76 bits per heavy atom. The molecule has 0 aliphatic carbocycles. The van der Waals surface area contributed by atoms with E-state index < -0.39 is 17.6 Å². The summed E-state index contributed by atoms with van der Waals surface area (Å²) < 4.78 is 52.7. The second-order valence-electron chi connectivity index (χ2n) is 5.44. The molecular formula is C16H18Cl2F4N2S. The molecule has 140 valence electrons. The van der Waals surface area contributed by atoms with Crippen molar-refractivity contribution in [3.63, 3.8) is 0 Å². The van der Waals surface area contributed by atoms with Crippen molar-refractivity contribution in [2.45, 2.75) is 12.2 Å². The maximum Gasteiger partial charge on any atom is 0.416 e. The molecule has 0 spiro atoms. The van der Waals surface area contributed by atoms with E-state index in [9.17, 15) is 17.6 Å². The largest absolute Gasteiger partial charge is 0.416 e. The van der Waals surface area contributed by atoms with Crippen LogP contribution in [0.4, 0.5) is 17.6 Å². The zero-order chi connectivity index (χ0) is 16.4. The number of alkyl halides is 3. The minimum Gasteiger partial charge on any atom is -0.314 e. The number of piperazine rings is 1. The van der Waals surface area contributed by atoms with Crippen molar-refractivity contribution in [3.05, 3.63) is 57.5 Å². The summed E-state index contributed by atoms with van der Waals surface area (Å²) in [5, 5.41) is 5.12. The molecule has 2 heterocycles. The standard InChI is InChI=1S/C16H16F4N2S.2ClH/c17-13-10-11(16(18,19)20)3-4-12(13)15(14-2-1-9-23-14)22-7-5-21-6-8-22;;/h1-4,9-10,15,21H,5-8H2;2*1H/t15-;;/m1../s1. The Hall–Kier alpha value is -0.860. The van der Waals surface area contributed by atoms with Gasteiger partial charge in [-0.15, -0.1) is 36.2 Å². The van der Waals surface area contributed by atoms with Gasteiger partial charge in [0, 0.05) is 36.6 Å². The van der Waals surface area contributed by atoms with Crippen LogP contribution in [-0.4, -0.2) is 31.1 Å². The number of hydrogen-bond donors (Lipinski definition) is 1. The minimum atomic E-state index is -4.53. The molecule has 3 rings (SSSR count). The first-order valence-corrected chi connectivity index (χ1v) is 8.19. The van der Waals surface area contributed by atoms with Crippen LogP contribution in [0.3, 0.4) is 0 Å². The molecular weight excluding hydrogens is 399 g/mol. The zero-order valence-corrected chi connectivity index (χ0v) is 15.5. The van der Waals surface area contributed by atoms with Gasteiger partial charge in [-0.25, -0.2) is 4.39 Å². The van der Waals surface area contributed by atoms with E-state index in [-0.39, 0.29) is 30.9 Å². The van der Waals surface area contributed by atoms with E-state index in [2.05, 4.69) is 10.2 Å². The lowest BCUT2D eigenvalue weighted by molar-refractivity contribution is -0.137. The second-order valence-corrected chi connectivity index (χ2v) is 6.42. The summed E-state index contributed by atoms with van der Waals surface area (Å²) in [7, 11) is 0. The van der Waals surface area contributed by atoms with Crippen LogP contribution in [0.15, 0.2) is 35.7 Å². The van der Waals surface area contributed by atoms with E-state index in [1.54, 1.807) is 0 Å². The lowest BCUT2D eigenvalue weighted by Crippen LogP contribution is -2.45. The Kier molecular flexibility index (Phi) is 8.15. The topological polar surface area (TPSA) is 15.3 Å². The molecule has 0 radical (unpaired) electrons. The zero-order valence-electron chi connectivity index (χ0n) is 13.1. The summed E-state index contributed by atoms with van der Waals surface area (Å²) >= 11 is 1.49. The van der Waals surface area contributed by atoms with Gasteiger partial charge in [0.1, 0.15) is 5.82 Å². The Bertz CT molecular complexity index is 659. The van der Waals surface area contributed by atoms with Crippen LogP contribution in [0.2, 0.25) is 0 Å². The van der Waals surface area contributed by atoms with E-state index >= 15 is 0 Å². The SMILES string of the molecule is Cl.Cl.Fc1cc(C(F)(F)F)ccc1[C@H](c1cccs1)N1CCNCC1. The van der Waals surface area contributed by atoms with Gasteiger partial charge >= 0.3 is 6.18 Å². The van der Waals surface area contributed by atoms with E-state index in [1.807, 2.05) is 17.5 Å². The first kappa shape index (κ1) is 22.2. The molecule has 1 N–H and O–H groups in total. The van der Waals surface area contributed by atoms with Crippen LogP contribution in [0.1, 0.15) is 22.0 Å². The van der Waals surface area contributed by atoms with Crippen molar-refractivity contribution in [3.8, 4) is 0 Å². The van der Waals surface area contributed by atoms with Crippen molar-refractivity contribution in [2.24, 2.45) is 0 Å². The molecule has 1 aromatic carbocycles. The summed E-state index contributed by atoms with van der Waals surface area (Å²) in [6.45, 7) is 3.01. The maximum atomic E-state index is 14.4. The van der Waals surface area contributed by atoms with Crippen molar-refractivity contribution >= 4 is 36.2 Å². The second kappa shape index (κ2) is 9.19. The average Bonchev–Trinajstić information content (AvgIpc) is 3.03. The molecule has 1 fully saturated rings. The predicted octanol–water partition coefficient (Wildman–Crippen LogP) is 4.74. The van der Waals surface area contributed by atoms with Gasteiger partial charge in [0.05, 0.1) is 11.6 Å². The number of thiophene rings is 1. The Morgan fingerprint density at radius 1 is 1.08 bits per heavy atom. The van der Waals surface area contributed by atoms with Gasteiger partial charge in [-0.3, -0.25) is 4.90 Å². The highest BCUT2D eigenvalue weighted by Gasteiger charge is 2.33. The molecule has 0 bridgehead atoms. The van der Waals surface area contributed by atoms with Gasteiger partial charge in [-0.05, 0) is 23.6 Å². The Labute approximate surface area is 160 Å². The number of nitrogens with zero attached hydrogens (tertiary/aromatic N) is 1. The van der Waals surface area contributed by atoms with Gasteiger partial charge in [-0.2, -0.15) is 13.2 Å². The molecule has 1 atom stereocenters. The summed E-state index contributed by atoms with van der Waals surface area (Å²) in [5.74, 6) is -0.809. The lowest BCUT2D eigenvalue weighted by atomic mass is 10.00. The first-order valence-electron chi connectivity index (χ1n) is 7.31. The predicted molar refractivity (Wildman–Crippen MR) is 96.5 cm³/mol. The van der Waals surface area contributed by atoms with Gasteiger partial charge in [0.2, 0.25) is 0 Å². The van der Waals surface area contributed by atoms with Crippen LogP contribution < -0.4 is 5.32 Å². The number of hydrogen-bond acceptors (Lipinski definition) is 3. The van der Waals surface area contributed by atoms with Crippen molar-refractivity contribution in [1.82, 2.24) is 10.2 Å². The third kappa shape index (κ3) is 5.08. The van der Waals surface area contributed by atoms with E-state index in [4.69, 9.17) is 0 Å². The molecule has 1 aliphatic heterocycles. The van der Waals surface area contributed by atoms with Crippen LogP contribution in [0, 0.1) is 5.82 Å². The highest BCUT2D eigenvalue weighted by Crippen LogP contribution is 2.36. The summed E-state index contributed by atoms with van der Waals surface area (Å²) in [5.41, 5.74) is -0.661. The van der Waals surface area contributed by atoms with Crippen molar-refractivity contribution in [1.29, 1.82) is 0 Å². The van der Waals surface area contributed by atoms with Crippen molar-refractivity contribution < 1.29 is 17.6 Å². The molecule has 1 saturated heterocycles. The highest BCUT2D eigenvalue weighted by molar-refractivity contribution is 7.10. The minimum absolute atomic E-state index is 0. The number of halogens is 6.